The lowest BCUT2D eigenvalue weighted by molar-refractivity contribution is -0.0278. The molecule has 0 unspecified atom stereocenters. The number of anilines is 1. The van der Waals surface area contributed by atoms with Gasteiger partial charge in [0.2, 0.25) is 13.6 Å². The van der Waals surface area contributed by atoms with E-state index in [2.05, 4.69) is 33.9 Å². The monoisotopic (exact) mass is 491 g/mol. The van der Waals surface area contributed by atoms with E-state index in [9.17, 15) is 14.2 Å². The molecule has 0 saturated heterocycles. The molecule has 2 rings (SSSR count). The summed E-state index contributed by atoms with van der Waals surface area (Å²) in [4.78, 5) is 34.7. The van der Waals surface area contributed by atoms with Crippen molar-refractivity contribution in [1.82, 2.24) is 19.5 Å². The molecule has 0 fully saturated rings. The Hall–Kier alpha value is -3.00. The summed E-state index contributed by atoms with van der Waals surface area (Å²) in [7, 11) is -4.03. The number of nitrogens with two attached hydrogens (primary N) is 1. The molecule has 0 radical (unpaired) electrons. The predicted molar refractivity (Wildman–Crippen MR) is 111 cm³/mol. The van der Waals surface area contributed by atoms with Crippen LogP contribution in [0.15, 0.2) is 12.7 Å². The van der Waals surface area contributed by atoms with E-state index in [1.165, 1.54) is 12.7 Å². The van der Waals surface area contributed by atoms with Crippen molar-refractivity contribution >= 4 is 36.9 Å². The van der Waals surface area contributed by atoms with Crippen LogP contribution in [-0.4, -0.2) is 71.1 Å². The van der Waals surface area contributed by atoms with Crippen molar-refractivity contribution < 1.29 is 46.9 Å². The van der Waals surface area contributed by atoms with Crippen LogP contribution in [0.3, 0.4) is 0 Å². The molecule has 0 aliphatic heterocycles. The van der Waals surface area contributed by atoms with Gasteiger partial charge in [-0.2, -0.15) is 0 Å². The van der Waals surface area contributed by atoms with Crippen molar-refractivity contribution in [2.75, 3.05) is 38.9 Å². The van der Waals surface area contributed by atoms with Crippen LogP contribution < -0.4 is 5.73 Å². The third-order valence-electron chi connectivity index (χ3n) is 3.78. The molecule has 0 aliphatic carbocycles. The average molecular weight is 491 g/mol. The van der Waals surface area contributed by atoms with Crippen LogP contribution in [0.4, 0.5) is 15.4 Å². The summed E-state index contributed by atoms with van der Waals surface area (Å²) in [5.41, 5.74) is 6.71. The summed E-state index contributed by atoms with van der Waals surface area (Å²) >= 11 is 0. The van der Waals surface area contributed by atoms with Gasteiger partial charge in [-0.3, -0.25) is 13.6 Å². The van der Waals surface area contributed by atoms with E-state index < -0.39 is 45.9 Å². The minimum absolute atomic E-state index is 0.0838. The Morgan fingerprint density at radius 3 is 2.21 bits per heavy atom. The number of hydrogen-bond acceptors (Lipinski definition) is 14. The first-order valence-electron chi connectivity index (χ1n) is 9.78. The molecule has 15 nitrogen and oxygen atoms in total. The van der Waals surface area contributed by atoms with Crippen LogP contribution in [0, 0.1) is 0 Å². The van der Waals surface area contributed by atoms with Gasteiger partial charge in [0.1, 0.15) is 18.2 Å². The highest BCUT2D eigenvalue weighted by atomic mass is 31.2. The van der Waals surface area contributed by atoms with Crippen molar-refractivity contribution in [3.63, 3.8) is 0 Å². The van der Waals surface area contributed by atoms with Crippen LogP contribution in [0.1, 0.15) is 20.8 Å². The maximum atomic E-state index is 13.0. The Balaban J connectivity index is 1.94. The second-order valence-electron chi connectivity index (χ2n) is 6.19. The summed E-state index contributed by atoms with van der Waals surface area (Å²) in [6.07, 6.45) is -0.275. The van der Waals surface area contributed by atoms with Gasteiger partial charge in [-0.15, -0.1) is 0 Å². The van der Waals surface area contributed by atoms with Gasteiger partial charge >= 0.3 is 19.9 Å². The van der Waals surface area contributed by atoms with E-state index in [4.69, 9.17) is 19.5 Å². The van der Waals surface area contributed by atoms with Gasteiger partial charge in [0.05, 0.1) is 32.2 Å². The number of nitrogen functional groups attached to an aromatic ring is 1. The number of hydrogen-bond donors (Lipinski definition) is 1. The van der Waals surface area contributed by atoms with E-state index in [0.717, 1.165) is 0 Å². The van der Waals surface area contributed by atoms with Crippen LogP contribution >= 0.6 is 7.60 Å². The molecule has 33 heavy (non-hydrogen) atoms. The van der Waals surface area contributed by atoms with E-state index in [-0.39, 0.29) is 25.6 Å². The third kappa shape index (κ3) is 8.46. The number of fused-ring (bicyclic) bond motifs is 1. The topological polar surface area (TPSA) is 185 Å². The van der Waals surface area contributed by atoms with E-state index in [1.54, 1.807) is 25.3 Å². The number of nitrogens with zero attached hydrogens (tertiary/aromatic N) is 4. The highest BCUT2D eigenvalue weighted by Crippen LogP contribution is 2.48. The van der Waals surface area contributed by atoms with Crippen molar-refractivity contribution in [3.8, 4) is 0 Å². The third-order valence-corrected chi connectivity index (χ3v) is 5.24. The van der Waals surface area contributed by atoms with Gasteiger partial charge < -0.3 is 34.0 Å². The molecule has 2 aromatic rings. The van der Waals surface area contributed by atoms with Crippen molar-refractivity contribution in [2.24, 2.45) is 0 Å². The second-order valence-corrected chi connectivity index (χ2v) is 8.19. The molecule has 16 heteroatoms. The van der Waals surface area contributed by atoms with Gasteiger partial charge in [0.15, 0.2) is 11.5 Å². The van der Waals surface area contributed by atoms with Crippen molar-refractivity contribution in [2.45, 2.75) is 33.4 Å². The lowest BCUT2D eigenvalue weighted by Gasteiger charge is -2.20. The number of carbonyl (C=O) groups excluding carboxylic acids is 2. The number of rotatable bonds is 13. The lowest BCUT2D eigenvalue weighted by atomic mass is 10.4. The zero-order chi connectivity index (χ0) is 24.3. The molecular weight excluding hydrogens is 465 g/mol. The zero-order valence-electron chi connectivity index (χ0n) is 18.4. The second kappa shape index (κ2) is 12.9. The van der Waals surface area contributed by atoms with Crippen molar-refractivity contribution in [1.29, 1.82) is 0 Å². The van der Waals surface area contributed by atoms with Crippen LogP contribution in [0.2, 0.25) is 0 Å². The molecule has 0 bridgehead atoms. The molecule has 2 heterocycles. The Morgan fingerprint density at radius 2 is 1.64 bits per heavy atom. The quantitative estimate of drug-likeness (QED) is 0.244. The van der Waals surface area contributed by atoms with Crippen LogP contribution in [0.25, 0.3) is 11.2 Å². The van der Waals surface area contributed by atoms with Crippen molar-refractivity contribution in [3.05, 3.63) is 12.7 Å². The normalized spacial score (nSPS) is 12.3. The largest absolute Gasteiger partial charge is 0.510 e. The maximum absolute atomic E-state index is 13.0. The van der Waals surface area contributed by atoms with Gasteiger partial charge in [0, 0.05) is 0 Å². The summed E-state index contributed by atoms with van der Waals surface area (Å²) in [5, 5.41) is 0. The first-order chi connectivity index (χ1) is 15.8. The molecule has 1 atom stereocenters. The fraction of sp³-hybridized carbons (Fsp3) is 0.588. The molecule has 0 aliphatic rings. The molecule has 0 spiro atoms. The summed E-state index contributed by atoms with van der Waals surface area (Å²) in [6, 6.07) is 0. The molecule has 184 valence electrons. The first-order valence-corrected chi connectivity index (χ1v) is 11.5. The van der Waals surface area contributed by atoms with Gasteiger partial charge in [0.25, 0.3) is 0 Å². The fourth-order valence-electron chi connectivity index (χ4n) is 2.32. The van der Waals surface area contributed by atoms with Gasteiger partial charge in [-0.05, 0) is 20.8 Å². The van der Waals surface area contributed by atoms with E-state index >= 15 is 0 Å². The molecule has 0 aromatic carbocycles. The smallest absolute Gasteiger partial charge is 0.435 e. The van der Waals surface area contributed by atoms with Crippen LogP contribution in [-0.2, 0) is 43.8 Å². The molecule has 0 saturated carbocycles. The predicted octanol–water partition coefficient (Wildman–Crippen LogP) is 2.26. The SMILES string of the molecule is CCOC(=O)OCOP(=O)(CO[C@H](C)Cn1cnc2c(N)ncnc21)OCOC(=O)OCC. The van der Waals surface area contributed by atoms with Crippen LogP contribution in [0.5, 0.6) is 0 Å². The van der Waals surface area contributed by atoms with E-state index in [1.807, 2.05) is 0 Å². The first kappa shape index (κ1) is 26.3. The lowest BCUT2D eigenvalue weighted by Crippen LogP contribution is -2.19. The number of ether oxygens (including phenoxy) is 5. The Labute approximate surface area is 188 Å². The minimum atomic E-state index is -4.03. The zero-order valence-corrected chi connectivity index (χ0v) is 19.3. The summed E-state index contributed by atoms with van der Waals surface area (Å²) in [5.74, 6) is 0.238. The van der Waals surface area contributed by atoms with E-state index in [0.29, 0.717) is 11.2 Å². The molecule has 2 aromatic heterocycles. The van der Waals surface area contributed by atoms with Gasteiger partial charge in [-0.25, -0.2) is 24.5 Å². The maximum Gasteiger partial charge on any atom is 0.510 e. The number of imidazole rings is 1. The Bertz CT molecular complexity index is 943. The molecular formula is C17H26N5O10P. The molecule has 0 amide bonds. The molecule has 2 N–H and O–H groups in total. The van der Waals surface area contributed by atoms with Gasteiger partial charge in [-0.1, -0.05) is 0 Å². The highest BCUT2D eigenvalue weighted by molar-refractivity contribution is 7.53. The number of carbonyl (C=O) groups is 2. The minimum Gasteiger partial charge on any atom is -0.435 e. The Kier molecular flexibility index (Phi) is 10.3. The summed E-state index contributed by atoms with van der Waals surface area (Å²) < 4.78 is 48.8. The fourth-order valence-corrected chi connectivity index (χ4v) is 3.41. The summed E-state index contributed by atoms with van der Waals surface area (Å²) in [6.45, 7) is 3.83. The standard InChI is InChI=1S/C17H26N5O10P/c1-4-26-16(23)28-9-31-33(25,32-10-29-17(24)27-5-2)11-30-12(3)6-22-8-21-13-14(18)19-7-20-15(13)22/h7-8,12H,4-6,9-11H2,1-3H3,(H2,18,19,20)/t12-/m1/s1. The number of aromatic nitrogens is 4. The average Bonchev–Trinajstić information content (AvgIpc) is 3.17. The Morgan fingerprint density at radius 1 is 1.03 bits per heavy atom. The highest BCUT2D eigenvalue weighted by Gasteiger charge is 2.28.